The Morgan fingerprint density at radius 3 is 2.80 bits per heavy atom. The second-order valence-electron chi connectivity index (χ2n) is 5.80. The summed E-state index contributed by atoms with van der Waals surface area (Å²) >= 11 is 7.44. The molecule has 0 bridgehead atoms. The largest absolute Gasteiger partial charge is 0.296 e. The first-order valence-electron chi connectivity index (χ1n) is 7.97. The number of nitrogens with one attached hydrogen (secondary N) is 1. The van der Waals surface area contributed by atoms with Crippen molar-refractivity contribution in [3.05, 3.63) is 51.7 Å². The molecule has 0 atom stereocenters. The van der Waals surface area contributed by atoms with Crippen molar-refractivity contribution < 1.29 is 4.79 Å². The highest BCUT2D eigenvalue weighted by molar-refractivity contribution is 7.15. The minimum Gasteiger partial charge on any atom is -0.296 e. The number of carbonyl (C=O) groups is 1. The molecule has 0 aliphatic heterocycles. The Kier molecular flexibility index (Phi) is 5.15. The van der Waals surface area contributed by atoms with E-state index in [1.54, 1.807) is 16.9 Å². The van der Waals surface area contributed by atoms with E-state index in [4.69, 9.17) is 11.6 Å². The summed E-state index contributed by atoms with van der Waals surface area (Å²) in [7, 11) is 0. The number of amides is 1. The van der Waals surface area contributed by atoms with Gasteiger partial charge < -0.3 is 0 Å². The van der Waals surface area contributed by atoms with Crippen molar-refractivity contribution >= 4 is 34.0 Å². The summed E-state index contributed by atoms with van der Waals surface area (Å²) in [5.74, 6) is 0.0384. The Morgan fingerprint density at radius 2 is 2.16 bits per heavy atom. The molecule has 3 rings (SSSR count). The summed E-state index contributed by atoms with van der Waals surface area (Å²) in [4.78, 5) is 12.6. The molecule has 2 aromatic heterocycles. The van der Waals surface area contributed by atoms with Crippen LogP contribution in [0, 0.1) is 0 Å². The molecule has 1 N–H and O–H groups in total. The predicted molar refractivity (Wildman–Crippen MR) is 99.9 cm³/mol. The molecule has 0 saturated carbocycles. The fourth-order valence-electron chi connectivity index (χ4n) is 2.42. The highest BCUT2D eigenvalue weighted by Crippen LogP contribution is 2.24. The van der Waals surface area contributed by atoms with Crippen molar-refractivity contribution in [1.29, 1.82) is 0 Å². The van der Waals surface area contributed by atoms with Gasteiger partial charge in [0.25, 0.3) is 5.91 Å². The third kappa shape index (κ3) is 3.72. The summed E-state index contributed by atoms with van der Waals surface area (Å²) in [6.07, 6.45) is 2.22. The van der Waals surface area contributed by atoms with Crippen LogP contribution >= 0.6 is 22.9 Å². The van der Waals surface area contributed by atoms with Gasteiger partial charge in [0.1, 0.15) is 5.01 Å². The molecular weight excluding hydrogens is 358 g/mol. The van der Waals surface area contributed by atoms with Crippen LogP contribution in [0.25, 0.3) is 5.69 Å². The molecule has 0 fully saturated rings. The SMILES string of the molecule is CCc1c(C(=O)Nc2nnc(C(C)C)s2)cnn1-c1cccc(Cl)c1. The van der Waals surface area contributed by atoms with Gasteiger partial charge in [0.2, 0.25) is 5.13 Å². The van der Waals surface area contributed by atoms with Crippen LogP contribution in [0.4, 0.5) is 5.13 Å². The fraction of sp³-hybridized carbons (Fsp3) is 0.294. The van der Waals surface area contributed by atoms with Gasteiger partial charge in [-0.1, -0.05) is 49.8 Å². The predicted octanol–water partition coefficient (Wildman–Crippen LogP) is 4.32. The van der Waals surface area contributed by atoms with Crippen molar-refractivity contribution in [2.24, 2.45) is 0 Å². The summed E-state index contributed by atoms with van der Waals surface area (Å²) in [5.41, 5.74) is 2.15. The van der Waals surface area contributed by atoms with Crippen LogP contribution in [0.1, 0.15) is 47.7 Å². The van der Waals surface area contributed by atoms with Crippen LogP contribution in [0.2, 0.25) is 5.02 Å². The number of rotatable bonds is 5. The van der Waals surface area contributed by atoms with E-state index < -0.39 is 0 Å². The fourth-order valence-corrected chi connectivity index (χ4v) is 3.34. The molecule has 25 heavy (non-hydrogen) atoms. The number of anilines is 1. The molecule has 0 aliphatic carbocycles. The molecule has 0 radical (unpaired) electrons. The third-order valence-electron chi connectivity index (χ3n) is 3.66. The van der Waals surface area contributed by atoms with Crippen molar-refractivity contribution in [1.82, 2.24) is 20.0 Å². The zero-order valence-corrected chi connectivity index (χ0v) is 15.7. The van der Waals surface area contributed by atoms with Gasteiger partial charge in [-0.15, -0.1) is 10.2 Å². The van der Waals surface area contributed by atoms with E-state index in [0.717, 1.165) is 16.4 Å². The highest BCUT2D eigenvalue weighted by Gasteiger charge is 2.19. The number of aromatic nitrogens is 4. The Hall–Kier alpha value is -2.25. The molecule has 0 aliphatic rings. The summed E-state index contributed by atoms with van der Waals surface area (Å²) in [6.45, 7) is 6.06. The molecule has 2 heterocycles. The van der Waals surface area contributed by atoms with Gasteiger partial charge in [-0.2, -0.15) is 5.10 Å². The van der Waals surface area contributed by atoms with Gasteiger partial charge in [0, 0.05) is 10.9 Å². The first-order chi connectivity index (χ1) is 12.0. The maximum absolute atomic E-state index is 12.6. The average Bonchev–Trinajstić information content (AvgIpc) is 3.21. The Balaban J connectivity index is 1.88. The molecule has 8 heteroatoms. The maximum Gasteiger partial charge on any atom is 0.260 e. The van der Waals surface area contributed by atoms with E-state index in [1.807, 2.05) is 39.0 Å². The van der Waals surface area contributed by atoms with Crippen LogP contribution < -0.4 is 5.32 Å². The number of benzene rings is 1. The van der Waals surface area contributed by atoms with Gasteiger partial charge in [-0.3, -0.25) is 10.1 Å². The lowest BCUT2D eigenvalue weighted by atomic mass is 10.2. The summed E-state index contributed by atoms with van der Waals surface area (Å²) in [5, 5.41) is 17.3. The average molecular weight is 376 g/mol. The molecule has 1 aromatic carbocycles. The quantitative estimate of drug-likeness (QED) is 0.720. The number of halogens is 1. The van der Waals surface area contributed by atoms with E-state index in [2.05, 4.69) is 20.6 Å². The molecule has 3 aromatic rings. The van der Waals surface area contributed by atoms with Crippen LogP contribution in [-0.2, 0) is 6.42 Å². The van der Waals surface area contributed by atoms with E-state index in [0.29, 0.717) is 22.1 Å². The van der Waals surface area contributed by atoms with Gasteiger partial charge in [0.15, 0.2) is 0 Å². The molecule has 130 valence electrons. The molecule has 0 saturated heterocycles. The smallest absolute Gasteiger partial charge is 0.260 e. The van der Waals surface area contributed by atoms with E-state index in [-0.39, 0.29) is 11.8 Å². The second kappa shape index (κ2) is 7.33. The first kappa shape index (κ1) is 17.6. The van der Waals surface area contributed by atoms with Crippen LogP contribution in [-0.4, -0.2) is 25.9 Å². The van der Waals surface area contributed by atoms with E-state index in [9.17, 15) is 4.79 Å². The summed E-state index contributed by atoms with van der Waals surface area (Å²) < 4.78 is 1.74. The topological polar surface area (TPSA) is 72.7 Å². The summed E-state index contributed by atoms with van der Waals surface area (Å²) in [6, 6.07) is 7.37. The third-order valence-corrected chi connectivity index (χ3v) is 5.03. The minimum atomic E-state index is -0.239. The van der Waals surface area contributed by atoms with Gasteiger partial charge >= 0.3 is 0 Å². The Morgan fingerprint density at radius 1 is 1.36 bits per heavy atom. The monoisotopic (exact) mass is 375 g/mol. The zero-order valence-electron chi connectivity index (χ0n) is 14.2. The molecule has 6 nitrogen and oxygen atoms in total. The molecule has 1 amide bonds. The van der Waals surface area contributed by atoms with Crippen LogP contribution in [0.3, 0.4) is 0 Å². The van der Waals surface area contributed by atoms with Gasteiger partial charge in [-0.25, -0.2) is 4.68 Å². The Labute approximate surface area is 154 Å². The van der Waals surface area contributed by atoms with Crippen molar-refractivity contribution in [2.75, 3.05) is 5.32 Å². The second-order valence-corrected chi connectivity index (χ2v) is 7.25. The lowest BCUT2D eigenvalue weighted by Gasteiger charge is -2.08. The number of carbonyl (C=O) groups excluding carboxylic acids is 1. The zero-order chi connectivity index (χ0) is 18.0. The molecule has 0 spiro atoms. The number of nitrogens with zero attached hydrogens (tertiary/aromatic N) is 4. The Bertz CT molecular complexity index is 902. The number of hydrogen-bond acceptors (Lipinski definition) is 5. The molecule has 0 unspecified atom stereocenters. The lowest BCUT2D eigenvalue weighted by molar-refractivity contribution is 0.102. The molecular formula is C17H18ClN5OS. The van der Waals surface area contributed by atoms with E-state index >= 15 is 0 Å². The van der Waals surface area contributed by atoms with Gasteiger partial charge in [0.05, 0.1) is 23.1 Å². The van der Waals surface area contributed by atoms with E-state index in [1.165, 1.54) is 11.3 Å². The van der Waals surface area contributed by atoms with Crippen LogP contribution in [0.15, 0.2) is 30.5 Å². The van der Waals surface area contributed by atoms with Gasteiger partial charge in [-0.05, 0) is 24.6 Å². The van der Waals surface area contributed by atoms with Crippen molar-refractivity contribution in [2.45, 2.75) is 33.1 Å². The van der Waals surface area contributed by atoms with Crippen LogP contribution in [0.5, 0.6) is 0 Å². The maximum atomic E-state index is 12.6. The van der Waals surface area contributed by atoms with Crippen molar-refractivity contribution in [3.8, 4) is 5.69 Å². The normalized spacial score (nSPS) is 11.1. The van der Waals surface area contributed by atoms with Crippen molar-refractivity contribution in [3.63, 3.8) is 0 Å². The lowest BCUT2D eigenvalue weighted by Crippen LogP contribution is -2.14. The minimum absolute atomic E-state index is 0.239. The number of hydrogen-bond donors (Lipinski definition) is 1. The highest BCUT2D eigenvalue weighted by atomic mass is 35.5. The standard InChI is InChI=1S/C17H18ClN5OS/c1-4-14-13(9-19-23(14)12-7-5-6-11(18)8-12)15(24)20-17-22-21-16(25-17)10(2)3/h5-10H,4H2,1-3H3,(H,20,22,24). The first-order valence-corrected chi connectivity index (χ1v) is 9.16.